The van der Waals surface area contributed by atoms with Crippen molar-refractivity contribution in [1.82, 2.24) is 14.8 Å². The first-order valence-electron chi connectivity index (χ1n) is 6.71. The highest BCUT2D eigenvalue weighted by molar-refractivity contribution is 5.51. The van der Waals surface area contributed by atoms with E-state index in [9.17, 15) is 0 Å². The first-order valence-corrected chi connectivity index (χ1v) is 6.71. The minimum absolute atomic E-state index is 0.283. The third kappa shape index (κ3) is 3.91. The van der Waals surface area contributed by atoms with Gasteiger partial charge < -0.3 is 10.2 Å². The average Bonchev–Trinajstić information content (AvgIpc) is 2.42. The van der Waals surface area contributed by atoms with Crippen molar-refractivity contribution < 1.29 is 0 Å². The van der Waals surface area contributed by atoms with E-state index in [1.54, 1.807) is 18.3 Å². The second kappa shape index (κ2) is 6.50. The zero-order valence-electron chi connectivity index (χ0n) is 11.6. The van der Waals surface area contributed by atoms with E-state index >= 15 is 0 Å². The van der Waals surface area contributed by atoms with Crippen LogP contribution >= 0.6 is 0 Å². The molecule has 0 bridgehead atoms. The molecule has 102 valence electrons. The van der Waals surface area contributed by atoms with Crippen molar-refractivity contribution in [3.63, 3.8) is 0 Å². The normalized spacial score (nSPS) is 18.8. The molecule has 1 N–H and O–H groups in total. The molecule has 1 atom stereocenters. The summed E-state index contributed by atoms with van der Waals surface area (Å²) in [5.41, 5.74) is 0.604. The Morgan fingerprint density at radius 1 is 1.42 bits per heavy atom. The van der Waals surface area contributed by atoms with Gasteiger partial charge in [0.1, 0.15) is 11.9 Å². The lowest BCUT2D eigenvalue weighted by Crippen LogP contribution is -2.47. The summed E-state index contributed by atoms with van der Waals surface area (Å²) in [5, 5.41) is 12.4. The van der Waals surface area contributed by atoms with Gasteiger partial charge in [-0.2, -0.15) is 5.26 Å². The average molecular weight is 259 g/mol. The fourth-order valence-corrected chi connectivity index (χ4v) is 2.31. The van der Waals surface area contributed by atoms with Crippen LogP contribution < -0.4 is 5.32 Å². The summed E-state index contributed by atoms with van der Waals surface area (Å²) in [6, 6.07) is 6.02. The van der Waals surface area contributed by atoms with Crippen LogP contribution in [-0.2, 0) is 0 Å². The molecule has 0 aliphatic carbocycles. The zero-order valence-corrected chi connectivity index (χ0v) is 11.6. The molecule has 0 spiro atoms. The second-order valence-electron chi connectivity index (χ2n) is 5.16. The quantitative estimate of drug-likeness (QED) is 0.874. The highest BCUT2D eigenvalue weighted by Gasteiger charge is 2.16. The van der Waals surface area contributed by atoms with Crippen molar-refractivity contribution in [2.45, 2.75) is 13.0 Å². The lowest BCUT2D eigenvalue weighted by atomic mass is 10.2. The molecule has 19 heavy (non-hydrogen) atoms. The van der Waals surface area contributed by atoms with Crippen LogP contribution in [0.3, 0.4) is 0 Å². The first kappa shape index (κ1) is 13.8. The molecule has 0 amide bonds. The first-order chi connectivity index (χ1) is 9.19. The maximum atomic E-state index is 9.04. The molecule has 0 saturated carbocycles. The Hall–Kier alpha value is -1.64. The molecule has 5 nitrogen and oxygen atoms in total. The predicted molar refractivity (Wildman–Crippen MR) is 76.0 cm³/mol. The number of aromatic nitrogens is 1. The summed E-state index contributed by atoms with van der Waals surface area (Å²) in [7, 11) is 2.16. The van der Waals surface area contributed by atoms with Crippen molar-refractivity contribution in [2.24, 2.45) is 0 Å². The third-order valence-electron chi connectivity index (χ3n) is 3.44. The number of hydrogen-bond acceptors (Lipinski definition) is 5. The van der Waals surface area contributed by atoms with Crippen LogP contribution in [0.25, 0.3) is 0 Å². The van der Waals surface area contributed by atoms with Gasteiger partial charge in [0.15, 0.2) is 0 Å². The number of likely N-dealkylation sites (N-methyl/N-ethyl adjacent to an activating group) is 1. The van der Waals surface area contributed by atoms with E-state index in [0.717, 1.165) is 32.7 Å². The molecule has 2 heterocycles. The van der Waals surface area contributed by atoms with Gasteiger partial charge in [0.25, 0.3) is 0 Å². The van der Waals surface area contributed by atoms with Crippen molar-refractivity contribution in [2.75, 3.05) is 45.1 Å². The van der Waals surface area contributed by atoms with Crippen molar-refractivity contribution >= 4 is 5.82 Å². The van der Waals surface area contributed by atoms with Crippen LogP contribution in [0.5, 0.6) is 0 Å². The minimum atomic E-state index is 0.283. The van der Waals surface area contributed by atoms with Crippen molar-refractivity contribution in [1.29, 1.82) is 5.26 Å². The summed E-state index contributed by atoms with van der Waals surface area (Å²) < 4.78 is 0. The Balaban J connectivity index is 1.87. The summed E-state index contributed by atoms with van der Waals surface area (Å²) >= 11 is 0. The molecule has 1 unspecified atom stereocenters. The van der Waals surface area contributed by atoms with E-state index in [2.05, 4.69) is 40.1 Å². The Morgan fingerprint density at radius 2 is 2.16 bits per heavy atom. The maximum absolute atomic E-state index is 9.04. The van der Waals surface area contributed by atoms with Gasteiger partial charge in [-0.1, -0.05) is 0 Å². The van der Waals surface area contributed by atoms with Crippen LogP contribution in [0.2, 0.25) is 0 Å². The molecule has 1 aliphatic rings. The number of nitrogens with one attached hydrogen (secondary N) is 1. The second-order valence-corrected chi connectivity index (χ2v) is 5.16. The number of nitriles is 1. The fraction of sp³-hybridized carbons (Fsp3) is 0.571. The van der Waals surface area contributed by atoms with Crippen LogP contribution in [-0.4, -0.2) is 60.6 Å². The van der Waals surface area contributed by atoms with Crippen LogP contribution in [0.15, 0.2) is 18.3 Å². The number of pyridine rings is 1. The maximum Gasteiger partial charge on any atom is 0.144 e. The molecule has 1 fully saturated rings. The monoisotopic (exact) mass is 259 g/mol. The SMILES string of the molecule is CC(CN1CCN(C)CC1)Nc1ncccc1C#N. The van der Waals surface area contributed by atoms with Crippen LogP contribution in [0.1, 0.15) is 12.5 Å². The molecule has 2 rings (SSSR count). The lowest BCUT2D eigenvalue weighted by molar-refractivity contribution is 0.151. The fourth-order valence-electron chi connectivity index (χ4n) is 2.31. The Kier molecular flexibility index (Phi) is 4.72. The van der Waals surface area contributed by atoms with Gasteiger partial charge in [-0.05, 0) is 26.1 Å². The number of rotatable bonds is 4. The summed E-state index contributed by atoms with van der Waals surface area (Å²) in [6.45, 7) is 7.58. The molecule has 1 saturated heterocycles. The highest BCUT2D eigenvalue weighted by Crippen LogP contribution is 2.11. The van der Waals surface area contributed by atoms with Gasteiger partial charge >= 0.3 is 0 Å². The van der Waals surface area contributed by atoms with E-state index in [1.807, 2.05) is 0 Å². The smallest absolute Gasteiger partial charge is 0.144 e. The van der Waals surface area contributed by atoms with E-state index in [0.29, 0.717) is 11.4 Å². The molecular formula is C14H21N5. The van der Waals surface area contributed by atoms with Gasteiger partial charge in [0.2, 0.25) is 0 Å². The van der Waals surface area contributed by atoms with Crippen molar-refractivity contribution in [3.05, 3.63) is 23.9 Å². The van der Waals surface area contributed by atoms with E-state index in [1.165, 1.54) is 0 Å². The van der Waals surface area contributed by atoms with E-state index in [4.69, 9.17) is 5.26 Å². The predicted octanol–water partition coefficient (Wildman–Crippen LogP) is 1.00. The topological polar surface area (TPSA) is 55.2 Å². The molecular weight excluding hydrogens is 238 g/mol. The third-order valence-corrected chi connectivity index (χ3v) is 3.44. The van der Waals surface area contributed by atoms with Crippen LogP contribution in [0.4, 0.5) is 5.82 Å². The summed E-state index contributed by atoms with van der Waals surface area (Å²) in [5.74, 6) is 0.687. The standard InChI is InChI=1S/C14H21N5/c1-12(11-19-8-6-18(2)7-9-19)17-14-13(10-15)4-3-5-16-14/h3-5,12H,6-9,11H2,1-2H3,(H,16,17). The number of nitrogens with zero attached hydrogens (tertiary/aromatic N) is 4. The molecule has 1 aromatic rings. The molecule has 5 heteroatoms. The summed E-state index contributed by atoms with van der Waals surface area (Å²) in [6.07, 6.45) is 1.71. The molecule has 1 aromatic heterocycles. The van der Waals surface area contributed by atoms with Gasteiger partial charge in [-0.15, -0.1) is 0 Å². The Bertz CT molecular complexity index is 445. The lowest BCUT2D eigenvalue weighted by Gasteiger charge is -2.34. The summed E-state index contributed by atoms with van der Waals surface area (Å²) in [4.78, 5) is 9.03. The van der Waals surface area contributed by atoms with Gasteiger partial charge in [0.05, 0.1) is 5.56 Å². The van der Waals surface area contributed by atoms with Crippen LogP contribution in [0, 0.1) is 11.3 Å². The highest BCUT2D eigenvalue weighted by atomic mass is 15.3. The number of hydrogen-bond donors (Lipinski definition) is 1. The molecule has 0 aromatic carbocycles. The van der Waals surface area contributed by atoms with Gasteiger partial charge in [-0.25, -0.2) is 4.98 Å². The molecule has 1 aliphatic heterocycles. The van der Waals surface area contributed by atoms with E-state index in [-0.39, 0.29) is 6.04 Å². The van der Waals surface area contributed by atoms with E-state index < -0.39 is 0 Å². The minimum Gasteiger partial charge on any atom is -0.365 e. The van der Waals surface area contributed by atoms with Gasteiger partial charge in [-0.3, -0.25) is 4.90 Å². The zero-order chi connectivity index (χ0) is 13.7. The Labute approximate surface area is 114 Å². The number of anilines is 1. The van der Waals surface area contributed by atoms with Crippen molar-refractivity contribution in [3.8, 4) is 6.07 Å². The van der Waals surface area contributed by atoms with Gasteiger partial charge in [0, 0.05) is 45.0 Å². The largest absolute Gasteiger partial charge is 0.365 e. The molecule has 0 radical (unpaired) electrons. The Morgan fingerprint density at radius 3 is 2.84 bits per heavy atom. The number of piperazine rings is 1.